The van der Waals surface area contributed by atoms with Gasteiger partial charge in [-0.25, -0.2) is 4.79 Å². The van der Waals surface area contributed by atoms with E-state index < -0.39 is 0 Å². The Balaban J connectivity index is 1.85. The first kappa shape index (κ1) is 23.3. The van der Waals surface area contributed by atoms with Gasteiger partial charge in [-0.15, -0.1) is 0 Å². The zero-order valence-corrected chi connectivity index (χ0v) is 19.1. The van der Waals surface area contributed by atoms with Crippen molar-refractivity contribution in [3.8, 4) is 0 Å². The molecule has 0 radical (unpaired) electrons. The molecule has 0 bridgehead atoms. The van der Waals surface area contributed by atoms with Crippen LogP contribution in [0.4, 0.5) is 10.5 Å². The van der Waals surface area contributed by atoms with E-state index in [1.807, 2.05) is 56.8 Å². The van der Waals surface area contributed by atoms with Gasteiger partial charge in [-0.2, -0.15) is 5.10 Å². The fourth-order valence-electron chi connectivity index (χ4n) is 3.22. The number of hydrogen-bond donors (Lipinski definition) is 4. The highest BCUT2D eigenvalue weighted by molar-refractivity contribution is 5.89. The van der Waals surface area contributed by atoms with E-state index in [-0.39, 0.29) is 18.1 Å². The van der Waals surface area contributed by atoms with Crippen LogP contribution in [0.1, 0.15) is 43.3 Å². The van der Waals surface area contributed by atoms with Gasteiger partial charge in [0.15, 0.2) is 5.96 Å². The summed E-state index contributed by atoms with van der Waals surface area (Å²) >= 11 is 0. The van der Waals surface area contributed by atoms with Gasteiger partial charge >= 0.3 is 6.03 Å². The summed E-state index contributed by atoms with van der Waals surface area (Å²) < 4.78 is 1.93. The van der Waals surface area contributed by atoms with Crippen molar-refractivity contribution in [1.29, 1.82) is 0 Å². The summed E-state index contributed by atoms with van der Waals surface area (Å²) in [5.41, 5.74) is 5.40. The van der Waals surface area contributed by atoms with Gasteiger partial charge in [0.1, 0.15) is 0 Å². The van der Waals surface area contributed by atoms with Crippen LogP contribution in [0.5, 0.6) is 0 Å². The lowest BCUT2D eigenvalue weighted by atomic mass is 10.1. The van der Waals surface area contributed by atoms with Gasteiger partial charge in [-0.05, 0) is 64.3 Å². The zero-order valence-electron chi connectivity index (χ0n) is 19.1. The molecule has 2 aromatic rings. The molecule has 0 saturated heterocycles. The van der Waals surface area contributed by atoms with Crippen molar-refractivity contribution < 1.29 is 4.79 Å². The van der Waals surface area contributed by atoms with Crippen molar-refractivity contribution in [2.75, 3.05) is 12.4 Å². The van der Waals surface area contributed by atoms with Gasteiger partial charge in [0.25, 0.3) is 0 Å². The normalized spacial score (nSPS) is 12.6. The Morgan fingerprint density at radius 2 is 1.80 bits per heavy atom. The molecule has 4 N–H and O–H groups in total. The second-order valence-corrected chi connectivity index (χ2v) is 7.90. The maximum absolute atomic E-state index is 11.8. The van der Waals surface area contributed by atoms with Gasteiger partial charge < -0.3 is 21.3 Å². The summed E-state index contributed by atoms with van der Waals surface area (Å²) in [4.78, 5) is 16.1. The van der Waals surface area contributed by atoms with Crippen LogP contribution in [0.25, 0.3) is 0 Å². The zero-order chi connectivity index (χ0) is 22.3. The molecule has 0 aliphatic carbocycles. The van der Waals surface area contributed by atoms with Crippen LogP contribution < -0.4 is 21.3 Å². The van der Waals surface area contributed by atoms with Gasteiger partial charge in [0.2, 0.25) is 0 Å². The summed E-state index contributed by atoms with van der Waals surface area (Å²) in [6.45, 7) is 10.8. The number of nitrogens with zero attached hydrogens (tertiary/aromatic N) is 3. The summed E-state index contributed by atoms with van der Waals surface area (Å²) in [6, 6.07) is 7.86. The number of aliphatic imine (C=N–C) groups is 1. The first-order valence-electron chi connectivity index (χ1n) is 10.3. The lowest BCUT2D eigenvalue weighted by molar-refractivity contribution is 0.250. The standard InChI is InChI=1S/C22H35N7O/c1-14(2)25-22(30)27-19-10-8-18(9-11-19)13-24-21(23-6)26-15(3)12-20-16(4)28-29(7)17(20)5/h8-11,14-15H,12-13H2,1-7H3,(H2,23,24,26)(H2,25,27,30). The molecule has 2 amide bonds. The number of urea groups is 1. The fourth-order valence-corrected chi connectivity index (χ4v) is 3.22. The van der Waals surface area contributed by atoms with Crippen LogP contribution in [0.15, 0.2) is 29.3 Å². The Bertz CT molecular complexity index is 868. The Hall–Kier alpha value is -3.03. The summed E-state index contributed by atoms with van der Waals surface area (Å²) in [7, 11) is 3.74. The van der Waals surface area contributed by atoms with Crippen molar-refractivity contribution in [2.45, 2.75) is 59.7 Å². The van der Waals surface area contributed by atoms with Crippen molar-refractivity contribution in [3.05, 3.63) is 46.8 Å². The van der Waals surface area contributed by atoms with E-state index in [9.17, 15) is 4.79 Å². The minimum atomic E-state index is -0.200. The first-order valence-corrected chi connectivity index (χ1v) is 10.3. The summed E-state index contributed by atoms with van der Waals surface area (Å²) in [6.07, 6.45) is 0.880. The molecule has 8 nitrogen and oxygen atoms in total. The molecule has 164 valence electrons. The van der Waals surface area contributed by atoms with Crippen molar-refractivity contribution in [2.24, 2.45) is 12.0 Å². The number of nitrogens with one attached hydrogen (secondary N) is 4. The average molecular weight is 414 g/mol. The number of guanidine groups is 1. The number of aromatic nitrogens is 2. The third kappa shape index (κ3) is 6.79. The molecule has 1 heterocycles. The number of rotatable bonds is 7. The van der Waals surface area contributed by atoms with E-state index in [4.69, 9.17) is 0 Å². The third-order valence-corrected chi connectivity index (χ3v) is 4.87. The fraction of sp³-hybridized carbons (Fsp3) is 0.500. The minimum absolute atomic E-state index is 0.0982. The molecule has 1 aromatic carbocycles. The molecule has 0 saturated carbocycles. The largest absolute Gasteiger partial charge is 0.354 e. The topological polar surface area (TPSA) is 95.4 Å². The number of benzene rings is 1. The molecule has 0 aliphatic rings. The molecule has 8 heteroatoms. The van der Waals surface area contributed by atoms with E-state index >= 15 is 0 Å². The summed E-state index contributed by atoms with van der Waals surface area (Å²) in [5.74, 6) is 0.750. The van der Waals surface area contributed by atoms with E-state index in [1.54, 1.807) is 7.05 Å². The summed E-state index contributed by atoms with van der Waals surface area (Å²) in [5, 5.41) is 16.9. The number of carbonyl (C=O) groups is 1. The average Bonchev–Trinajstić information content (AvgIpc) is 2.91. The van der Waals surface area contributed by atoms with Crippen LogP contribution in [0.2, 0.25) is 0 Å². The molecule has 0 fully saturated rings. The lowest BCUT2D eigenvalue weighted by Crippen LogP contribution is -2.42. The molecule has 2 rings (SSSR count). The number of aryl methyl sites for hydroxylation is 2. The number of hydrogen-bond acceptors (Lipinski definition) is 3. The van der Waals surface area contributed by atoms with Crippen molar-refractivity contribution >= 4 is 17.7 Å². The predicted octanol–water partition coefficient (Wildman–Crippen LogP) is 2.86. The van der Waals surface area contributed by atoms with E-state index in [1.165, 1.54) is 11.3 Å². The SMILES string of the molecule is CN=C(NCc1ccc(NC(=O)NC(C)C)cc1)NC(C)Cc1c(C)nn(C)c1C. The highest BCUT2D eigenvalue weighted by Gasteiger charge is 2.14. The molecule has 30 heavy (non-hydrogen) atoms. The Morgan fingerprint density at radius 1 is 1.13 bits per heavy atom. The number of amides is 2. The van der Waals surface area contributed by atoms with Crippen molar-refractivity contribution in [3.63, 3.8) is 0 Å². The van der Waals surface area contributed by atoms with Gasteiger partial charge in [0.05, 0.1) is 5.69 Å². The highest BCUT2D eigenvalue weighted by atomic mass is 16.2. The second-order valence-electron chi connectivity index (χ2n) is 7.90. The number of carbonyl (C=O) groups excluding carboxylic acids is 1. The second kappa shape index (κ2) is 10.7. The van der Waals surface area contributed by atoms with Gasteiger partial charge in [-0.1, -0.05) is 12.1 Å². The van der Waals surface area contributed by atoms with Crippen LogP contribution in [0, 0.1) is 13.8 Å². The van der Waals surface area contributed by atoms with E-state index in [2.05, 4.69) is 45.2 Å². The monoisotopic (exact) mass is 413 g/mol. The maximum atomic E-state index is 11.8. The maximum Gasteiger partial charge on any atom is 0.319 e. The third-order valence-electron chi connectivity index (χ3n) is 4.87. The molecule has 0 spiro atoms. The molecule has 0 aliphatic heterocycles. The predicted molar refractivity (Wildman–Crippen MR) is 123 cm³/mol. The van der Waals surface area contributed by atoms with Crippen LogP contribution in [0.3, 0.4) is 0 Å². The molecule has 1 unspecified atom stereocenters. The minimum Gasteiger partial charge on any atom is -0.354 e. The van der Waals surface area contributed by atoms with E-state index in [0.717, 1.165) is 29.3 Å². The smallest absolute Gasteiger partial charge is 0.319 e. The molecule has 1 aromatic heterocycles. The molecule has 1 atom stereocenters. The van der Waals surface area contributed by atoms with Crippen LogP contribution in [-0.4, -0.2) is 40.9 Å². The molecular formula is C22H35N7O. The Kier molecular flexibility index (Phi) is 8.26. The van der Waals surface area contributed by atoms with Gasteiger partial charge in [-0.3, -0.25) is 9.67 Å². The highest BCUT2D eigenvalue weighted by Crippen LogP contribution is 2.14. The van der Waals surface area contributed by atoms with Crippen LogP contribution >= 0.6 is 0 Å². The molecular weight excluding hydrogens is 378 g/mol. The lowest BCUT2D eigenvalue weighted by Gasteiger charge is -2.18. The first-order chi connectivity index (χ1) is 14.2. The quantitative estimate of drug-likeness (QED) is 0.415. The Labute approximate surface area is 179 Å². The van der Waals surface area contributed by atoms with Crippen LogP contribution in [-0.2, 0) is 20.0 Å². The van der Waals surface area contributed by atoms with Gasteiger partial charge in [0, 0.05) is 44.1 Å². The Morgan fingerprint density at radius 3 is 2.33 bits per heavy atom. The van der Waals surface area contributed by atoms with E-state index in [0.29, 0.717) is 6.54 Å². The number of anilines is 1. The van der Waals surface area contributed by atoms with Crippen molar-refractivity contribution in [1.82, 2.24) is 25.7 Å².